The Kier molecular flexibility index (Phi) is 5.25. The van der Waals surface area contributed by atoms with Crippen LogP contribution in [0.3, 0.4) is 0 Å². The third-order valence-corrected chi connectivity index (χ3v) is 3.61. The van der Waals surface area contributed by atoms with E-state index in [1.807, 2.05) is 24.3 Å². The van der Waals surface area contributed by atoms with Crippen molar-refractivity contribution in [2.75, 3.05) is 18.5 Å². The summed E-state index contributed by atoms with van der Waals surface area (Å²) >= 11 is 0. The quantitative estimate of drug-likeness (QED) is 0.626. The van der Waals surface area contributed by atoms with Gasteiger partial charge in [0.15, 0.2) is 0 Å². The number of rotatable bonds is 6. The molecule has 19 heavy (non-hydrogen) atoms. The zero-order valence-corrected chi connectivity index (χ0v) is 11.7. The monoisotopic (exact) mass is 261 g/mol. The second-order valence-electron chi connectivity index (χ2n) is 5.08. The number of benzene rings is 1. The highest BCUT2D eigenvalue weighted by Gasteiger charge is 2.27. The summed E-state index contributed by atoms with van der Waals surface area (Å²) in [4.78, 5) is 12.1. The molecule has 0 aromatic heterocycles. The summed E-state index contributed by atoms with van der Waals surface area (Å²) in [6.07, 6.45) is 5.37. The van der Waals surface area contributed by atoms with Crippen molar-refractivity contribution in [1.82, 2.24) is 0 Å². The highest BCUT2D eigenvalue weighted by Crippen LogP contribution is 2.32. The third-order valence-electron chi connectivity index (χ3n) is 3.61. The normalized spacial score (nSPS) is 17.4. The van der Waals surface area contributed by atoms with E-state index in [0.29, 0.717) is 6.61 Å². The lowest BCUT2D eigenvalue weighted by atomic mass is 9.91. The number of nitrogens with one attached hydrogen (secondary N) is 1. The fourth-order valence-corrected chi connectivity index (χ4v) is 2.52. The standard InChI is InChI=1S/C16H23NO2/c1-2-3-4-7-12-19-16(18)14-10-11-17-15-9-6-5-8-13(14)15/h5-6,8-9,14,17H,2-4,7,10-12H2,1H3. The van der Waals surface area contributed by atoms with E-state index in [9.17, 15) is 4.79 Å². The van der Waals surface area contributed by atoms with Crippen molar-refractivity contribution >= 4 is 11.7 Å². The van der Waals surface area contributed by atoms with Crippen molar-refractivity contribution < 1.29 is 9.53 Å². The van der Waals surface area contributed by atoms with E-state index in [1.165, 1.54) is 12.8 Å². The highest BCUT2D eigenvalue weighted by molar-refractivity contribution is 5.81. The van der Waals surface area contributed by atoms with E-state index in [2.05, 4.69) is 12.2 Å². The molecule has 0 fully saturated rings. The second-order valence-corrected chi connectivity index (χ2v) is 5.08. The van der Waals surface area contributed by atoms with Gasteiger partial charge in [-0.15, -0.1) is 0 Å². The molecule has 0 amide bonds. The van der Waals surface area contributed by atoms with Crippen molar-refractivity contribution in [1.29, 1.82) is 0 Å². The number of para-hydroxylation sites is 1. The van der Waals surface area contributed by atoms with Crippen molar-refractivity contribution in [2.24, 2.45) is 0 Å². The first-order chi connectivity index (χ1) is 9.33. The number of fused-ring (bicyclic) bond motifs is 1. The Bertz CT molecular complexity index is 417. The number of anilines is 1. The summed E-state index contributed by atoms with van der Waals surface area (Å²) < 4.78 is 5.42. The average Bonchev–Trinajstić information content (AvgIpc) is 2.46. The van der Waals surface area contributed by atoms with Crippen LogP contribution >= 0.6 is 0 Å². The fraction of sp³-hybridized carbons (Fsp3) is 0.562. The molecule has 0 radical (unpaired) electrons. The lowest BCUT2D eigenvalue weighted by Crippen LogP contribution is -2.24. The third kappa shape index (κ3) is 3.72. The molecule has 0 aliphatic carbocycles. The molecular weight excluding hydrogens is 238 g/mol. The van der Waals surface area contributed by atoms with Gasteiger partial charge in [-0.1, -0.05) is 44.4 Å². The minimum absolute atomic E-state index is 0.0644. The molecule has 104 valence electrons. The van der Waals surface area contributed by atoms with Gasteiger partial charge in [0.1, 0.15) is 0 Å². The Morgan fingerprint density at radius 1 is 1.32 bits per heavy atom. The van der Waals surface area contributed by atoms with Crippen LogP contribution in [-0.2, 0) is 9.53 Å². The molecule has 0 saturated carbocycles. The van der Waals surface area contributed by atoms with E-state index < -0.39 is 0 Å². The maximum atomic E-state index is 12.1. The molecule has 3 heteroatoms. The number of esters is 1. The maximum Gasteiger partial charge on any atom is 0.313 e. The minimum atomic E-state index is -0.0939. The van der Waals surface area contributed by atoms with Gasteiger partial charge in [0, 0.05) is 12.2 Å². The van der Waals surface area contributed by atoms with Gasteiger partial charge in [-0.05, 0) is 24.5 Å². The smallest absolute Gasteiger partial charge is 0.313 e. The summed E-state index contributed by atoms with van der Waals surface area (Å²) in [5.74, 6) is -0.158. The molecule has 3 nitrogen and oxygen atoms in total. The summed E-state index contributed by atoms with van der Waals surface area (Å²) in [7, 11) is 0. The Morgan fingerprint density at radius 3 is 3.00 bits per heavy atom. The van der Waals surface area contributed by atoms with E-state index >= 15 is 0 Å². The number of carbonyl (C=O) groups excluding carboxylic acids is 1. The van der Waals surface area contributed by atoms with Crippen molar-refractivity contribution in [2.45, 2.75) is 44.9 Å². The molecule has 1 atom stereocenters. The van der Waals surface area contributed by atoms with Gasteiger partial charge in [-0.25, -0.2) is 0 Å². The predicted molar refractivity (Wildman–Crippen MR) is 77.4 cm³/mol. The molecule has 1 heterocycles. The second kappa shape index (κ2) is 7.17. The maximum absolute atomic E-state index is 12.1. The van der Waals surface area contributed by atoms with Gasteiger partial charge < -0.3 is 10.1 Å². The zero-order chi connectivity index (χ0) is 13.5. The minimum Gasteiger partial charge on any atom is -0.465 e. The number of carbonyl (C=O) groups is 1. The van der Waals surface area contributed by atoms with Gasteiger partial charge in [0.05, 0.1) is 12.5 Å². The number of hydrogen-bond acceptors (Lipinski definition) is 3. The number of ether oxygens (including phenoxy) is 1. The first-order valence-corrected chi connectivity index (χ1v) is 7.32. The molecular formula is C16H23NO2. The lowest BCUT2D eigenvalue weighted by molar-refractivity contribution is -0.145. The first-order valence-electron chi connectivity index (χ1n) is 7.32. The summed E-state index contributed by atoms with van der Waals surface area (Å²) in [6.45, 7) is 3.58. The fourth-order valence-electron chi connectivity index (χ4n) is 2.52. The Balaban J connectivity index is 1.86. The summed E-state index contributed by atoms with van der Waals surface area (Å²) in [5.41, 5.74) is 2.15. The van der Waals surface area contributed by atoms with E-state index in [1.54, 1.807) is 0 Å². The van der Waals surface area contributed by atoms with Crippen LogP contribution in [0, 0.1) is 0 Å². The molecule has 1 aromatic rings. The molecule has 1 unspecified atom stereocenters. The van der Waals surface area contributed by atoms with Gasteiger partial charge in [0.2, 0.25) is 0 Å². The van der Waals surface area contributed by atoms with Crippen LogP contribution in [0.1, 0.15) is 50.5 Å². The van der Waals surface area contributed by atoms with E-state index in [0.717, 1.165) is 37.1 Å². The molecule has 2 rings (SSSR count). The molecule has 0 bridgehead atoms. The van der Waals surface area contributed by atoms with E-state index in [-0.39, 0.29) is 11.9 Å². The molecule has 0 saturated heterocycles. The van der Waals surface area contributed by atoms with Crippen LogP contribution in [0.4, 0.5) is 5.69 Å². The molecule has 0 spiro atoms. The average molecular weight is 261 g/mol. The van der Waals surface area contributed by atoms with Gasteiger partial charge >= 0.3 is 5.97 Å². The van der Waals surface area contributed by atoms with Gasteiger partial charge in [-0.3, -0.25) is 4.79 Å². The van der Waals surface area contributed by atoms with Crippen molar-refractivity contribution in [3.8, 4) is 0 Å². The highest BCUT2D eigenvalue weighted by atomic mass is 16.5. The van der Waals surface area contributed by atoms with Crippen LogP contribution in [0.5, 0.6) is 0 Å². The summed E-state index contributed by atoms with van der Waals surface area (Å²) in [6, 6.07) is 8.01. The van der Waals surface area contributed by atoms with Crippen LogP contribution in [0.2, 0.25) is 0 Å². The van der Waals surface area contributed by atoms with Crippen LogP contribution in [-0.4, -0.2) is 19.1 Å². The molecule has 1 aliphatic rings. The summed E-state index contributed by atoms with van der Waals surface area (Å²) in [5, 5.41) is 3.32. The lowest BCUT2D eigenvalue weighted by Gasteiger charge is -2.25. The molecule has 1 aromatic carbocycles. The number of unbranched alkanes of at least 4 members (excludes halogenated alkanes) is 3. The Labute approximate surface area is 115 Å². The molecule has 1 N–H and O–H groups in total. The topological polar surface area (TPSA) is 38.3 Å². The Hall–Kier alpha value is -1.51. The van der Waals surface area contributed by atoms with Crippen LogP contribution < -0.4 is 5.32 Å². The zero-order valence-electron chi connectivity index (χ0n) is 11.7. The largest absolute Gasteiger partial charge is 0.465 e. The first kappa shape index (κ1) is 13.9. The van der Waals surface area contributed by atoms with Crippen molar-refractivity contribution in [3.05, 3.63) is 29.8 Å². The number of hydrogen-bond donors (Lipinski definition) is 1. The van der Waals surface area contributed by atoms with Gasteiger partial charge in [0.25, 0.3) is 0 Å². The van der Waals surface area contributed by atoms with Crippen molar-refractivity contribution in [3.63, 3.8) is 0 Å². The van der Waals surface area contributed by atoms with Crippen LogP contribution in [0.25, 0.3) is 0 Å². The van der Waals surface area contributed by atoms with E-state index in [4.69, 9.17) is 4.74 Å². The van der Waals surface area contributed by atoms with Gasteiger partial charge in [-0.2, -0.15) is 0 Å². The Morgan fingerprint density at radius 2 is 2.16 bits per heavy atom. The predicted octanol–water partition coefficient (Wildman–Crippen LogP) is 3.71. The molecule has 1 aliphatic heterocycles. The SMILES string of the molecule is CCCCCCOC(=O)C1CCNc2ccccc21. The van der Waals surface area contributed by atoms with Crippen LogP contribution in [0.15, 0.2) is 24.3 Å².